The van der Waals surface area contributed by atoms with Gasteiger partial charge in [-0.2, -0.15) is 16.9 Å². The van der Waals surface area contributed by atoms with E-state index in [9.17, 15) is 14.7 Å². The van der Waals surface area contributed by atoms with Gasteiger partial charge in [-0.15, -0.1) is 0 Å². The number of aromatic nitrogens is 2. The van der Waals surface area contributed by atoms with Crippen LogP contribution in [0.25, 0.3) is 5.69 Å². The second-order valence-corrected chi connectivity index (χ2v) is 6.59. The number of amides is 1. The summed E-state index contributed by atoms with van der Waals surface area (Å²) >= 11 is 1.52. The molecule has 1 aliphatic rings. The molecule has 2 heterocycles. The number of hydrogen-bond acceptors (Lipinski definition) is 5. The van der Waals surface area contributed by atoms with Gasteiger partial charge in [-0.3, -0.25) is 4.79 Å². The van der Waals surface area contributed by atoms with Crippen molar-refractivity contribution in [2.24, 2.45) is 0 Å². The maximum absolute atomic E-state index is 12.4. The number of benzene rings is 1. The van der Waals surface area contributed by atoms with Gasteiger partial charge in [0.2, 0.25) is 0 Å². The Morgan fingerprint density at radius 3 is 2.67 bits per heavy atom. The Kier molecular flexibility index (Phi) is 4.48. The van der Waals surface area contributed by atoms with Crippen LogP contribution < -0.4 is 10.1 Å². The van der Waals surface area contributed by atoms with Crippen molar-refractivity contribution < 1.29 is 19.4 Å². The zero-order valence-electron chi connectivity index (χ0n) is 13.1. The van der Waals surface area contributed by atoms with Gasteiger partial charge in [0.15, 0.2) is 5.69 Å². The van der Waals surface area contributed by atoms with Gasteiger partial charge < -0.3 is 15.2 Å². The first-order valence-electron chi connectivity index (χ1n) is 7.38. The van der Waals surface area contributed by atoms with Gasteiger partial charge >= 0.3 is 5.97 Å². The molecule has 1 fully saturated rings. The first-order chi connectivity index (χ1) is 11.5. The normalized spacial score (nSPS) is 19.9. The van der Waals surface area contributed by atoms with Gasteiger partial charge in [0.05, 0.1) is 12.8 Å². The summed E-state index contributed by atoms with van der Waals surface area (Å²) in [4.78, 5) is 23.9. The number of carbonyl (C=O) groups excluding carboxylic acids is 1. The summed E-state index contributed by atoms with van der Waals surface area (Å²) in [6.45, 7) is 0. The van der Waals surface area contributed by atoms with E-state index in [0.717, 1.165) is 11.4 Å². The summed E-state index contributed by atoms with van der Waals surface area (Å²) in [5, 5.41) is 16.3. The highest BCUT2D eigenvalue weighted by molar-refractivity contribution is 7.99. The second-order valence-electron chi connectivity index (χ2n) is 5.49. The number of nitrogens with one attached hydrogen (secondary N) is 1. The molecule has 1 aliphatic heterocycles. The minimum absolute atomic E-state index is 0.184. The molecule has 8 heteroatoms. The van der Waals surface area contributed by atoms with Crippen LogP contribution in [0, 0.1) is 0 Å². The fraction of sp³-hybridized carbons (Fsp3) is 0.312. The monoisotopic (exact) mass is 347 g/mol. The summed E-state index contributed by atoms with van der Waals surface area (Å²) in [5.74, 6) is 0.328. The van der Waals surface area contributed by atoms with E-state index in [1.165, 1.54) is 11.8 Å². The lowest BCUT2D eigenvalue weighted by Crippen LogP contribution is -2.54. The Morgan fingerprint density at radius 2 is 2.08 bits per heavy atom. The number of thioether (sulfide) groups is 1. The summed E-state index contributed by atoms with van der Waals surface area (Å²) in [5.41, 5.74) is -0.242. The number of carbonyl (C=O) groups is 2. The summed E-state index contributed by atoms with van der Waals surface area (Å²) < 4.78 is 6.67. The fourth-order valence-electron chi connectivity index (χ4n) is 2.49. The van der Waals surface area contributed by atoms with Crippen molar-refractivity contribution in [3.8, 4) is 11.4 Å². The molecule has 126 valence electrons. The number of methoxy groups -OCH3 is 1. The second kappa shape index (κ2) is 6.56. The predicted octanol–water partition coefficient (Wildman–Crippen LogP) is 1.57. The average Bonchev–Trinajstić information content (AvgIpc) is 3.25. The number of carboxylic acids is 1. The molecule has 0 bridgehead atoms. The van der Waals surface area contributed by atoms with Crippen LogP contribution in [0.15, 0.2) is 36.5 Å². The number of aliphatic carboxylic acids is 1. The van der Waals surface area contributed by atoms with Crippen LogP contribution in [0.5, 0.6) is 5.75 Å². The van der Waals surface area contributed by atoms with Gasteiger partial charge in [0.1, 0.15) is 11.3 Å². The molecule has 0 aliphatic carbocycles. The van der Waals surface area contributed by atoms with E-state index in [2.05, 4.69) is 10.4 Å². The average molecular weight is 347 g/mol. The van der Waals surface area contributed by atoms with E-state index in [1.54, 1.807) is 36.2 Å². The molecule has 2 aromatic rings. The molecular formula is C16H17N3O4S. The molecule has 1 unspecified atom stereocenters. The van der Waals surface area contributed by atoms with E-state index >= 15 is 0 Å². The standard InChI is InChI=1S/C16H17N3O4S/c1-23-12-4-2-11(3-5-12)19-8-6-13(18-19)14(20)17-16(15(21)22)7-9-24-10-16/h2-6,8H,7,9-10H2,1H3,(H,17,20)(H,21,22). The van der Waals surface area contributed by atoms with E-state index in [-0.39, 0.29) is 5.69 Å². The third-order valence-corrected chi connectivity index (χ3v) is 5.13. The zero-order valence-corrected chi connectivity index (χ0v) is 13.9. The lowest BCUT2D eigenvalue weighted by Gasteiger charge is -2.23. The van der Waals surface area contributed by atoms with Crippen molar-refractivity contribution >= 4 is 23.6 Å². The Labute approximate surface area is 143 Å². The smallest absolute Gasteiger partial charge is 0.330 e. The highest BCUT2D eigenvalue weighted by Gasteiger charge is 2.43. The largest absolute Gasteiger partial charge is 0.497 e. The highest BCUT2D eigenvalue weighted by atomic mass is 32.2. The third kappa shape index (κ3) is 3.09. The van der Waals surface area contributed by atoms with E-state index in [0.29, 0.717) is 17.9 Å². The lowest BCUT2D eigenvalue weighted by atomic mass is 9.99. The molecule has 2 N–H and O–H groups in total. The summed E-state index contributed by atoms with van der Waals surface area (Å²) in [6.07, 6.45) is 2.07. The summed E-state index contributed by atoms with van der Waals surface area (Å²) in [6, 6.07) is 8.80. The van der Waals surface area contributed by atoms with Crippen LogP contribution >= 0.6 is 11.8 Å². The van der Waals surface area contributed by atoms with Crippen LogP contribution in [0.3, 0.4) is 0 Å². The van der Waals surface area contributed by atoms with Crippen LogP contribution in [-0.2, 0) is 4.79 Å². The number of ether oxygens (including phenoxy) is 1. The van der Waals surface area contributed by atoms with Crippen LogP contribution in [0.2, 0.25) is 0 Å². The van der Waals surface area contributed by atoms with E-state index in [1.807, 2.05) is 12.1 Å². The maximum atomic E-state index is 12.4. The van der Waals surface area contributed by atoms with Crippen LogP contribution in [-0.4, -0.2) is 50.9 Å². The quantitative estimate of drug-likeness (QED) is 0.853. The highest BCUT2D eigenvalue weighted by Crippen LogP contribution is 2.28. The number of nitrogens with zero attached hydrogens (tertiary/aromatic N) is 2. The van der Waals surface area contributed by atoms with Crippen molar-refractivity contribution in [3.05, 3.63) is 42.2 Å². The number of rotatable bonds is 5. The Balaban J connectivity index is 1.77. The molecule has 1 saturated heterocycles. The molecule has 1 aromatic carbocycles. The Hall–Kier alpha value is -2.48. The zero-order chi connectivity index (χ0) is 17.2. The molecule has 0 spiro atoms. The summed E-state index contributed by atoms with van der Waals surface area (Å²) in [7, 11) is 1.59. The Morgan fingerprint density at radius 1 is 1.33 bits per heavy atom. The molecule has 0 saturated carbocycles. The van der Waals surface area contributed by atoms with Crippen LogP contribution in [0.1, 0.15) is 16.9 Å². The minimum Gasteiger partial charge on any atom is -0.497 e. The third-order valence-electron chi connectivity index (χ3n) is 3.94. The molecule has 1 atom stereocenters. The van der Waals surface area contributed by atoms with Gasteiger partial charge in [-0.25, -0.2) is 9.48 Å². The van der Waals surface area contributed by atoms with Gasteiger partial charge in [-0.05, 0) is 42.5 Å². The molecule has 1 amide bonds. The number of carboxylic acid groups (broad SMARTS) is 1. The van der Waals surface area contributed by atoms with Gasteiger partial charge in [0.25, 0.3) is 5.91 Å². The lowest BCUT2D eigenvalue weighted by molar-refractivity contribution is -0.143. The molecule has 1 aromatic heterocycles. The first-order valence-corrected chi connectivity index (χ1v) is 8.53. The Bertz CT molecular complexity index is 751. The molecule has 24 heavy (non-hydrogen) atoms. The predicted molar refractivity (Wildman–Crippen MR) is 89.9 cm³/mol. The maximum Gasteiger partial charge on any atom is 0.330 e. The van der Waals surface area contributed by atoms with E-state index < -0.39 is 17.4 Å². The SMILES string of the molecule is COc1ccc(-n2ccc(C(=O)NC3(C(=O)O)CCSC3)n2)cc1. The molecule has 0 radical (unpaired) electrons. The first kappa shape index (κ1) is 16.4. The fourth-order valence-corrected chi connectivity index (χ4v) is 3.82. The van der Waals surface area contributed by atoms with Crippen molar-refractivity contribution in [2.75, 3.05) is 18.6 Å². The van der Waals surface area contributed by atoms with Gasteiger partial charge in [0, 0.05) is 11.9 Å². The van der Waals surface area contributed by atoms with Crippen molar-refractivity contribution in [3.63, 3.8) is 0 Å². The van der Waals surface area contributed by atoms with Gasteiger partial charge in [-0.1, -0.05) is 0 Å². The molecule has 3 rings (SSSR count). The van der Waals surface area contributed by atoms with Crippen molar-refractivity contribution in [1.29, 1.82) is 0 Å². The number of hydrogen-bond donors (Lipinski definition) is 2. The molecule has 7 nitrogen and oxygen atoms in total. The molecular weight excluding hydrogens is 330 g/mol. The van der Waals surface area contributed by atoms with E-state index in [4.69, 9.17) is 4.74 Å². The van der Waals surface area contributed by atoms with Crippen molar-refractivity contribution in [1.82, 2.24) is 15.1 Å². The van der Waals surface area contributed by atoms with Crippen LogP contribution in [0.4, 0.5) is 0 Å². The minimum atomic E-state index is -1.20. The topological polar surface area (TPSA) is 93.5 Å². The van der Waals surface area contributed by atoms with Crippen molar-refractivity contribution in [2.45, 2.75) is 12.0 Å².